The molecule has 0 fully saturated rings. The number of benzene rings is 3. The van der Waals surface area contributed by atoms with Gasteiger partial charge < -0.3 is 5.11 Å². The van der Waals surface area contributed by atoms with E-state index < -0.39 is 0 Å². The highest BCUT2D eigenvalue weighted by Crippen LogP contribution is 2.32. The largest absolute Gasteiger partial charge is 0.396 e. The predicted molar refractivity (Wildman–Crippen MR) is 95.1 cm³/mol. The second-order valence-corrected chi connectivity index (χ2v) is 6.85. The number of ketones is 2. The van der Waals surface area contributed by atoms with Crippen molar-refractivity contribution < 1.29 is 14.7 Å². The van der Waals surface area contributed by atoms with E-state index in [4.69, 9.17) is 5.11 Å². The Labute approximate surface area is 143 Å². The molecule has 0 amide bonds. The Morgan fingerprint density at radius 3 is 1.96 bits per heavy atom. The van der Waals surface area contributed by atoms with E-state index >= 15 is 0 Å². The van der Waals surface area contributed by atoms with Crippen LogP contribution in [0.1, 0.15) is 31.8 Å². The molecule has 118 valence electrons. The van der Waals surface area contributed by atoms with Gasteiger partial charge in [-0.25, -0.2) is 0 Å². The van der Waals surface area contributed by atoms with E-state index in [9.17, 15) is 9.59 Å². The summed E-state index contributed by atoms with van der Waals surface area (Å²) in [5.41, 5.74) is 1.85. The van der Waals surface area contributed by atoms with Gasteiger partial charge in [-0.1, -0.05) is 24.3 Å². The summed E-state index contributed by atoms with van der Waals surface area (Å²) in [5.74, 6) is 0.336. The average Bonchev–Trinajstić information content (AvgIpc) is 2.63. The van der Waals surface area contributed by atoms with Gasteiger partial charge in [-0.05, 0) is 41.1 Å². The summed E-state index contributed by atoms with van der Waals surface area (Å²) in [4.78, 5) is 26.6. The number of hydrogen-bond acceptors (Lipinski definition) is 4. The van der Waals surface area contributed by atoms with Gasteiger partial charge >= 0.3 is 0 Å². The van der Waals surface area contributed by atoms with E-state index in [0.29, 0.717) is 28.0 Å². The van der Waals surface area contributed by atoms with Crippen LogP contribution in [0.25, 0.3) is 10.8 Å². The van der Waals surface area contributed by atoms with Crippen LogP contribution >= 0.6 is 11.8 Å². The highest BCUT2D eigenvalue weighted by Gasteiger charge is 2.30. The van der Waals surface area contributed by atoms with Gasteiger partial charge in [0, 0.05) is 32.9 Å². The molecule has 0 saturated carbocycles. The first-order valence-corrected chi connectivity index (χ1v) is 8.67. The Bertz CT molecular complexity index is 991. The molecule has 3 aromatic rings. The Morgan fingerprint density at radius 2 is 1.33 bits per heavy atom. The average molecular weight is 334 g/mol. The summed E-state index contributed by atoms with van der Waals surface area (Å²) in [5, 5.41) is 10.9. The molecule has 0 spiro atoms. The molecule has 4 rings (SSSR count). The summed E-state index contributed by atoms with van der Waals surface area (Å²) in [7, 11) is 0. The van der Waals surface area contributed by atoms with Gasteiger partial charge in [0.2, 0.25) is 0 Å². The molecule has 24 heavy (non-hydrogen) atoms. The molecule has 1 aliphatic rings. The lowest BCUT2D eigenvalue weighted by Gasteiger charge is -2.19. The molecule has 1 aliphatic carbocycles. The van der Waals surface area contributed by atoms with Gasteiger partial charge in [0.25, 0.3) is 0 Å². The summed E-state index contributed by atoms with van der Waals surface area (Å²) in [6, 6.07) is 16.6. The van der Waals surface area contributed by atoms with Gasteiger partial charge in [-0.15, -0.1) is 11.8 Å². The number of aliphatic hydroxyl groups excluding tert-OH is 1. The van der Waals surface area contributed by atoms with Crippen LogP contribution in [0.3, 0.4) is 0 Å². The van der Waals surface area contributed by atoms with E-state index in [1.165, 1.54) is 11.8 Å². The first kappa shape index (κ1) is 15.1. The molecule has 0 aliphatic heterocycles. The number of fused-ring (bicyclic) bond motifs is 3. The van der Waals surface area contributed by atoms with Crippen molar-refractivity contribution in [3.63, 3.8) is 0 Å². The van der Waals surface area contributed by atoms with E-state index in [1.54, 1.807) is 18.2 Å². The molecule has 0 aromatic heterocycles. The molecule has 0 bridgehead atoms. The van der Waals surface area contributed by atoms with Crippen molar-refractivity contribution in [2.75, 3.05) is 12.4 Å². The Kier molecular flexibility index (Phi) is 3.71. The summed E-state index contributed by atoms with van der Waals surface area (Å²) in [6.45, 7) is 0.0729. The first-order valence-electron chi connectivity index (χ1n) is 7.69. The van der Waals surface area contributed by atoms with Crippen molar-refractivity contribution in [2.45, 2.75) is 4.90 Å². The van der Waals surface area contributed by atoms with E-state index in [0.717, 1.165) is 15.7 Å². The van der Waals surface area contributed by atoms with E-state index in [2.05, 4.69) is 0 Å². The van der Waals surface area contributed by atoms with E-state index in [1.807, 2.05) is 36.4 Å². The van der Waals surface area contributed by atoms with Crippen LogP contribution in [-0.2, 0) is 0 Å². The van der Waals surface area contributed by atoms with Crippen LogP contribution in [0.4, 0.5) is 0 Å². The number of hydrogen-bond donors (Lipinski definition) is 1. The van der Waals surface area contributed by atoms with Crippen molar-refractivity contribution >= 4 is 34.1 Å². The third-order valence-electron chi connectivity index (χ3n) is 4.22. The van der Waals surface area contributed by atoms with Crippen LogP contribution in [0.5, 0.6) is 0 Å². The Balaban J connectivity index is 1.87. The number of aliphatic hydroxyl groups is 1. The van der Waals surface area contributed by atoms with E-state index in [-0.39, 0.29) is 18.2 Å². The summed E-state index contributed by atoms with van der Waals surface area (Å²) in [6.07, 6.45) is 0. The fraction of sp³-hybridized carbons (Fsp3) is 0.100. The first-order chi connectivity index (χ1) is 11.7. The van der Waals surface area contributed by atoms with Gasteiger partial charge in [0.15, 0.2) is 11.6 Å². The summed E-state index contributed by atoms with van der Waals surface area (Å²) >= 11 is 1.47. The highest BCUT2D eigenvalue weighted by molar-refractivity contribution is 7.99. The third-order valence-corrected chi connectivity index (χ3v) is 5.19. The van der Waals surface area contributed by atoms with Crippen molar-refractivity contribution in [2.24, 2.45) is 0 Å². The Hall–Kier alpha value is -2.43. The van der Waals surface area contributed by atoms with Crippen LogP contribution in [0, 0.1) is 0 Å². The second kappa shape index (κ2) is 5.89. The molecule has 3 nitrogen and oxygen atoms in total. The molecular weight excluding hydrogens is 320 g/mol. The third kappa shape index (κ3) is 2.35. The summed E-state index contributed by atoms with van der Waals surface area (Å²) < 4.78 is 0. The van der Waals surface area contributed by atoms with Crippen molar-refractivity contribution in [3.8, 4) is 0 Å². The lowest BCUT2D eigenvalue weighted by atomic mass is 9.83. The predicted octanol–water partition coefficient (Wildman–Crippen LogP) is 3.70. The smallest absolute Gasteiger partial charge is 0.194 e. The molecular formula is C20H14O3S. The molecule has 4 heteroatoms. The van der Waals surface area contributed by atoms with Crippen molar-refractivity contribution in [1.29, 1.82) is 0 Å². The molecule has 0 heterocycles. The maximum atomic E-state index is 12.9. The maximum absolute atomic E-state index is 12.9. The van der Waals surface area contributed by atoms with Crippen LogP contribution < -0.4 is 0 Å². The SMILES string of the molecule is O=C1c2ccc(SCCO)cc2C(=O)c2cc3ccccc3cc21. The standard InChI is InChI=1S/C20H14O3S/c21-7-8-24-14-5-6-15-18(11-14)20(23)17-10-13-4-2-1-3-12(13)9-16(17)19(15)22/h1-6,9-11,21H,7-8H2. The lowest BCUT2D eigenvalue weighted by Crippen LogP contribution is -2.21. The number of carbonyl (C=O) groups excluding carboxylic acids is 2. The fourth-order valence-corrected chi connectivity index (χ4v) is 3.76. The fourth-order valence-electron chi connectivity index (χ4n) is 3.07. The monoisotopic (exact) mass is 334 g/mol. The zero-order valence-corrected chi connectivity index (χ0v) is 13.6. The van der Waals surface area contributed by atoms with Crippen LogP contribution in [0.15, 0.2) is 59.5 Å². The minimum absolute atomic E-state index is 0.0729. The normalized spacial score (nSPS) is 13.0. The molecule has 0 unspecified atom stereocenters. The van der Waals surface area contributed by atoms with Crippen molar-refractivity contribution in [1.82, 2.24) is 0 Å². The quantitative estimate of drug-likeness (QED) is 0.581. The van der Waals surface area contributed by atoms with Crippen LogP contribution in [-0.4, -0.2) is 29.0 Å². The molecule has 0 saturated heterocycles. The van der Waals surface area contributed by atoms with Gasteiger partial charge in [0.1, 0.15) is 0 Å². The lowest BCUT2D eigenvalue weighted by molar-refractivity contribution is 0.0979. The van der Waals surface area contributed by atoms with Crippen LogP contribution in [0.2, 0.25) is 0 Å². The van der Waals surface area contributed by atoms with Gasteiger partial charge in [-0.2, -0.15) is 0 Å². The minimum Gasteiger partial charge on any atom is -0.396 e. The zero-order valence-electron chi connectivity index (χ0n) is 12.8. The topological polar surface area (TPSA) is 54.4 Å². The zero-order chi connectivity index (χ0) is 16.7. The molecule has 0 radical (unpaired) electrons. The minimum atomic E-state index is -0.114. The maximum Gasteiger partial charge on any atom is 0.194 e. The van der Waals surface area contributed by atoms with Gasteiger partial charge in [0.05, 0.1) is 6.61 Å². The number of carbonyl (C=O) groups is 2. The van der Waals surface area contributed by atoms with Gasteiger partial charge in [-0.3, -0.25) is 9.59 Å². The Morgan fingerprint density at radius 1 is 0.750 bits per heavy atom. The molecule has 0 atom stereocenters. The number of thioether (sulfide) groups is 1. The number of rotatable bonds is 3. The van der Waals surface area contributed by atoms with Crippen molar-refractivity contribution in [3.05, 3.63) is 76.9 Å². The highest BCUT2D eigenvalue weighted by atomic mass is 32.2. The second-order valence-electron chi connectivity index (χ2n) is 5.68. The molecule has 1 N–H and O–H groups in total. The molecule has 3 aromatic carbocycles.